The number of hydrogen-bond donors (Lipinski definition) is 2. The summed E-state index contributed by atoms with van der Waals surface area (Å²) in [4.78, 5) is 22.2. The zero-order valence-electron chi connectivity index (χ0n) is 10.9. The van der Waals surface area contributed by atoms with E-state index in [2.05, 4.69) is 0 Å². The van der Waals surface area contributed by atoms with Crippen LogP contribution in [0, 0.1) is 0 Å². The lowest BCUT2D eigenvalue weighted by atomic mass is 9.95. The Labute approximate surface area is 111 Å². The van der Waals surface area contributed by atoms with E-state index in [0.717, 1.165) is 0 Å². The molecular formula is C13H17N2O4-. The van der Waals surface area contributed by atoms with E-state index in [0.29, 0.717) is 11.3 Å². The van der Waals surface area contributed by atoms with Gasteiger partial charge in [-0.15, -0.1) is 0 Å². The van der Waals surface area contributed by atoms with Crippen LogP contribution in [0.5, 0.6) is 5.75 Å². The van der Waals surface area contributed by atoms with Crippen LogP contribution < -0.4 is 21.1 Å². The van der Waals surface area contributed by atoms with Crippen molar-refractivity contribution in [1.82, 2.24) is 5.43 Å². The third-order valence-corrected chi connectivity index (χ3v) is 2.48. The fourth-order valence-corrected chi connectivity index (χ4v) is 1.68. The quantitative estimate of drug-likeness (QED) is 0.417. The smallest absolute Gasteiger partial charge is 0.241 e. The summed E-state index contributed by atoms with van der Waals surface area (Å²) in [6.07, 6.45) is -0.384. The van der Waals surface area contributed by atoms with Crippen LogP contribution in [0.2, 0.25) is 0 Å². The number of nitrogens with one attached hydrogen (secondary N) is 1. The van der Waals surface area contributed by atoms with Gasteiger partial charge in [0.05, 0.1) is 12.0 Å². The van der Waals surface area contributed by atoms with Gasteiger partial charge in [0, 0.05) is 12.4 Å². The van der Waals surface area contributed by atoms with E-state index in [1.165, 1.54) is 0 Å². The lowest BCUT2D eigenvalue weighted by Gasteiger charge is -2.17. The molecule has 0 aliphatic rings. The van der Waals surface area contributed by atoms with Crippen LogP contribution in [0.25, 0.3) is 0 Å². The maximum absolute atomic E-state index is 11.6. The summed E-state index contributed by atoms with van der Waals surface area (Å²) in [7, 11) is 0. The van der Waals surface area contributed by atoms with Gasteiger partial charge in [-0.3, -0.25) is 10.2 Å². The van der Waals surface area contributed by atoms with Gasteiger partial charge in [-0.1, -0.05) is 12.1 Å². The summed E-state index contributed by atoms with van der Waals surface area (Å²) >= 11 is 0. The van der Waals surface area contributed by atoms with Gasteiger partial charge in [-0.05, 0) is 31.5 Å². The minimum Gasteiger partial charge on any atom is -0.550 e. The molecule has 0 spiro atoms. The molecule has 3 N–H and O–H groups in total. The standard InChI is InChI=1S/C13H18N2O4/c1-8(2)19-10-5-3-9(4-6-10)11(7-12(16)17)13(18)15-14/h3-6,8,11H,7,14H2,1-2H3,(H,15,18)(H,16,17)/p-1/t11-/m0/s1. The minimum absolute atomic E-state index is 0.0391. The molecule has 0 heterocycles. The van der Waals surface area contributed by atoms with Crippen LogP contribution in [0.4, 0.5) is 0 Å². The van der Waals surface area contributed by atoms with Gasteiger partial charge in [-0.25, -0.2) is 5.84 Å². The number of carbonyl (C=O) groups excluding carboxylic acids is 2. The number of hydrazine groups is 1. The molecule has 0 aliphatic carbocycles. The predicted molar refractivity (Wildman–Crippen MR) is 66.9 cm³/mol. The lowest BCUT2D eigenvalue weighted by molar-refractivity contribution is -0.306. The Kier molecular flexibility index (Phi) is 5.32. The summed E-state index contributed by atoms with van der Waals surface area (Å²) in [6, 6.07) is 6.64. The molecule has 0 fully saturated rings. The number of rotatable bonds is 6. The molecule has 1 amide bonds. The van der Waals surface area contributed by atoms with Crippen LogP contribution in [-0.4, -0.2) is 18.0 Å². The minimum atomic E-state index is -1.31. The third-order valence-electron chi connectivity index (χ3n) is 2.48. The Hall–Kier alpha value is -2.08. The number of aliphatic carboxylic acids is 1. The van der Waals surface area contributed by atoms with E-state index in [1.54, 1.807) is 24.3 Å². The summed E-state index contributed by atoms with van der Waals surface area (Å²) in [6.45, 7) is 3.80. The normalized spacial score (nSPS) is 12.0. The highest BCUT2D eigenvalue weighted by Gasteiger charge is 2.20. The van der Waals surface area contributed by atoms with Crippen LogP contribution in [0.1, 0.15) is 31.7 Å². The molecule has 6 heteroatoms. The molecule has 0 radical (unpaired) electrons. The summed E-state index contributed by atoms with van der Waals surface area (Å²) in [5.41, 5.74) is 2.50. The van der Waals surface area contributed by atoms with Gasteiger partial charge < -0.3 is 14.6 Å². The van der Waals surface area contributed by atoms with Crippen molar-refractivity contribution in [3.8, 4) is 5.75 Å². The Morgan fingerprint density at radius 2 is 1.89 bits per heavy atom. The second-order valence-electron chi connectivity index (χ2n) is 4.37. The highest BCUT2D eigenvalue weighted by molar-refractivity contribution is 5.87. The molecule has 1 aromatic rings. The molecule has 0 aliphatic heterocycles. The van der Waals surface area contributed by atoms with Gasteiger partial charge >= 0.3 is 0 Å². The molecular weight excluding hydrogens is 248 g/mol. The SMILES string of the molecule is CC(C)Oc1ccc([C@H](CC(=O)[O-])C(=O)NN)cc1. The number of ether oxygens (including phenoxy) is 1. The summed E-state index contributed by atoms with van der Waals surface area (Å²) < 4.78 is 5.46. The summed E-state index contributed by atoms with van der Waals surface area (Å²) in [5.74, 6) is 2.95. The number of nitrogens with two attached hydrogens (primary N) is 1. The van der Waals surface area contributed by atoms with Crippen LogP contribution in [0.3, 0.4) is 0 Å². The Morgan fingerprint density at radius 1 is 1.32 bits per heavy atom. The van der Waals surface area contributed by atoms with E-state index < -0.39 is 24.2 Å². The molecule has 6 nitrogen and oxygen atoms in total. The number of carboxylic acids is 1. The highest BCUT2D eigenvalue weighted by Crippen LogP contribution is 2.23. The number of hydrogen-bond acceptors (Lipinski definition) is 5. The van der Waals surface area contributed by atoms with Gasteiger partial charge in [0.1, 0.15) is 5.75 Å². The maximum atomic E-state index is 11.6. The average molecular weight is 265 g/mol. The second-order valence-corrected chi connectivity index (χ2v) is 4.37. The van der Waals surface area contributed by atoms with E-state index in [4.69, 9.17) is 10.6 Å². The van der Waals surface area contributed by atoms with Gasteiger partial charge in [-0.2, -0.15) is 0 Å². The van der Waals surface area contributed by atoms with E-state index in [9.17, 15) is 14.7 Å². The van der Waals surface area contributed by atoms with Crippen molar-refractivity contribution in [1.29, 1.82) is 0 Å². The Balaban J connectivity index is 2.90. The van der Waals surface area contributed by atoms with Crippen molar-refractivity contribution in [2.45, 2.75) is 32.3 Å². The third kappa shape index (κ3) is 4.59. The number of amides is 1. The Bertz CT molecular complexity index is 442. The number of benzene rings is 1. The summed E-state index contributed by atoms with van der Waals surface area (Å²) in [5, 5.41) is 10.7. The monoisotopic (exact) mass is 265 g/mol. The first kappa shape index (κ1) is 15.0. The molecule has 104 valence electrons. The predicted octanol–water partition coefficient (Wildman–Crippen LogP) is -0.313. The zero-order valence-corrected chi connectivity index (χ0v) is 10.9. The Morgan fingerprint density at radius 3 is 2.32 bits per heavy atom. The van der Waals surface area contributed by atoms with Crippen molar-refractivity contribution in [2.24, 2.45) is 5.84 Å². The zero-order chi connectivity index (χ0) is 14.4. The van der Waals surface area contributed by atoms with Crippen molar-refractivity contribution in [2.75, 3.05) is 0 Å². The first-order chi connectivity index (χ1) is 8.93. The van der Waals surface area contributed by atoms with E-state index >= 15 is 0 Å². The molecule has 1 rings (SSSR count). The average Bonchev–Trinajstić information content (AvgIpc) is 2.35. The van der Waals surface area contributed by atoms with Crippen LogP contribution in [0.15, 0.2) is 24.3 Å². The first-order valence-electron chi connectivity index (χ1n) is 5.91. The topological polar surface area (TPSA) is 104 Å². The molecule has 1 atom stereocenters. The van der Waals surface area contributed by atoms with Crippen molar-refractivity contribution in [3.63, 3.8) is 0 Å². The van der Waals surface area contributed by atoms with Crippen molar-refractivity contribution >= 4 is 11.9 Å². The fourth-order valence-electron chi connectivity index (χ4n) is 1.68. The fraction of sp³-hybridized carbons (Fsp3) is 0.385. The molecule has 0 saturated carbocycles. The highest BCUT2D eigenvalue weighted by atomic mass is 16.5. The first-order valence-corrected chi connectivity index (χ1v) is 5.91. The van der Waals surface area contributed by atoms with Crippen molar-refractivity contribution < 1.29 is 19.4 Å². The number of carbonyl (C=O) groups is 2. The second kappa shape index (κ2) is 6.75. The molecule has 0 saturated heterocycles. The molecule has 1 aromatic carbocycles. The molecule has 19 heavy (non-hydrogen) atoms. The van der Waals surface area contributed by atoms with Gasteiger partial charge in [0.15, 0.2) is 0 Å². The largest absolute Gasteiger partial charge is 0.550 e. The molecule has 0 aromatic heterocycles. The molecule has 0 bridgehead atoms. The van der Waals surface area contributed by atoms with Gasteiger partial charge in [0.25, 0.3) is 0 Å². The van der Waals surface area contributed by atoms with Gasteiger partial charge in [0.2, 0.25) is 5.91 Å². The van der Waals surface area contributed by atoms with Crippen LogP contribution in [-0.2, 0) is 9.59 Å². The van der Waals surface area contributed by atoms with E-state index in [1.807, 2.05) is 19.3 Å². The lowest BCUT2D eigenvalue weighted by Crippen LogP contribution is -2.37. The van der Waals surface area contributed by atoms with Crippen LogP contribution >= 0.6 is 0 Å². The molecule has 0 unspecified atom stereocenters. The van der Waals surface area contributed by atoms with E-state index in [-0.39, 0.29) is 6.10 Å². The number of carboxylic acid groups (broad SMARTS) is 1. The van der Waals surface area contributed by atoms with Crippen molar-refractivity contribution in [3.05, 3.63) is 29.8 Å². The maximum Gasteiger partial charge on any atom is 0.241 e.